The van der Waals surface area contributed by atoms with E-state index in [1.54, 1.807) is 11.0 Å². The van der Waals surface area contributed by atoms with Gasteiger partial charge >= 0.3 is 6.03 Å². The molecule has 1 heterocycles. The molecule has 166 valence electrons. The van der Waals surface area contributed by atoms with Crippen molar-refractivity contribution >= 4 is 17.6 Å². The van der Waals surface area contributed by atoms with Crippen LogP contribution in [-0.4, -0.2) is 34.8 Å². The summed E-state index contributed by atoms with van der Waals surface area (Å²) >= 11 is 0. The zero-order valence-electron chi connectivity index (χ0n) is 18.6. The first-order valence-corrected chi connectivity index (χ1v) is 10.5. The van der Waals surface area contributed by atoms with Crippen molar-refractivity contribution in [3.8, 4) is 0 Å². The molecule has 0 spiro atoms. The molecule has 1 N–H and O–H groups in total. The molecule has 0 unspecified atom stereocenters. The highest BCUT2D eigenvalue weighted by Crippen LogP contribution is 2.15. The number of nitrogens with one attached hydrogen (secondary N) is 1. The van der Waals surface area contributed by atoms with Gasteiger partial charge in [-0.1, -0.05) is 48.5 Å². The SMILES string of the molecule is C=CCN(CC(=O)N(Cc1ccccc1)Cc1ccc(C)o1)C(=O)Nc1cccc(C)c1. The van der Waals surface area contributed by atoms with Gasteiger partial charge in [-0.3, -0.25) is 4.79 Å². The summed E-state index contributed by atoms with van der Waals surface area (Å²) in [6.45, 7) is 8.48. The molecule has 3 amide bonds. The van der Waals surface area contributed by atoms with E-state index in [0.29, 0.717) is 24.5 Å². The monoisotopic (exact) mass is 431 g/mol. The first-order chi connectivity index (χ1) is 15.4. The molecule has 0 aliphatic rings. The summed E-state index contributed by atoms with van der Waals surface area (Å²) in [7, 11) is 0. The Morgan fingerprint density at radius 3 is 2.41 bits per heavy atom. The standard InChI is InChI=1S/C26H29N3O3/c1-4-15-28(26(31)27-23-12-8-9-20(2)16-23)19-25(30)29(17-22-10-6-5-7-11-22)18-24-14-13-21(3)32-24/h4-14,16H,1,15,17-19H2,2-3H3,(H,27,31). The van der Waals surface area contributed by atoms with E-state index in [-0.39, 0.29) is 25.0 Å². The zero-order valence-corrected chi connectivity index (χ0v) is 18.6. The Morgan fingerprint density at radius 1 is 0.969 bits per heavy atom. The fourth-order valence-electron chi connectivity index (χ4n) is 3.36. The number of furan rings is 1. The van der Waals surface area contributed by atoms with Gasteiger partial charge in [-0.15, -0.1) is 6.58 Å². The van der Waals surface area contributed by atoms with Gasteiger partial charge in [-0.2, -0.15) is 0 Å². The Kier molecular flexibility index (Phi) is 7.86. The summed E-state index contributed by atoms with van der Waals surface area (Å²) in [4.78, 5) is 29.3. The van der Waals surface area contributed by atoms with Crippen LogP contribution < -0.4 is 5.32 Å². The van der Waals surface area contributed by atoms with Crippen molar-refractivity contribution in [2.45, 2.75) is 26.9 Å². The normalized spacial score (nSPS) is 10.4. The summed E-state index contributed by atoms with van der Waals surface area (Å²) in [5, 5.41) is 2.86. The minimum Gasteiger partial charge on any atom is -0.464 e. The third-order valence-corrected chi connectivity index (χ3v) is 4.94. The smallest absolute Gasteiger partial charge is 0.322 e. The van der Waals surface area contributed by atoms with E-state index >= 15 is 0 Å². The van der Waals surface area contributed by atoms with Crippen molar-refractivity contribution in [3.05, 3.63) is 102 Å². The summed E-state index contributed by atoms with van der Waals surface area (Å²) in [5.41, 5.74) is 2.73. The molecule has 0 bridgehead atoms. The van der Waals surface area contributed by atoms with Crippen molar-refractivity contribution in [1.29, 1.82) is 0 Å². The average Bonchev–Trinajstić information content (AvgIpc) is 3.18. The van der Waals surface area contributed by atoms with Crippen LogP contribution in [0.15, 0.2) is 83.8 Å². The van der Waals surface area contributed by atoms with Gasteiger partial charge in [0, 0.05) is 18.8 Å². The molecule has 1 aromatic heterocycles. The van der Waals surface area contributed by atoms with E-state index in [4.69, 9.17) is 4.42 Å². The Morgan fingerprint density at radius 2 is 1.75 bits per heavy atom. The molecule has 0 radical (unpaired) electrons. The lowest BCUT2D eigenvalue weighted by Gasteiger charge is -2.27. The quantitative estimate of drug-likeness (QED) is 0.477. The molecule has 0 atom stereocenters. The number of carbonyl (C=O) groups is 2. The third kappa shape index (κ3) is 6.60. The molecule has 6 nitrogen and oxygen atoms in total. The average molecular weight is 432 g/mol. The topological polar surface area (TPSA) is 65.8 Å². The van der Waals surface area contributed by atoms with Gasteiger partial charge in [0.15, 0.2) is 0 Å². The van der Waals surface area contributed by atoms with E-state index in [0.717, 1.165) is 16.9 Å². The van der Waals surface area contributed by atoms with Crippen LogP contribution in [0.3, 0.4) is 0 Å². The van der Waals surface area contributed by atoms with Crippen LogP contribution in [0, 0.1) is 13.8 Å². The number of benzene rings is 2. The minimum absolute atomic E-state index is 0.0732. The number of amides is 3. The molecule has 32 heavy (non-hydrogen) atoms. The maximum Gasteiger partial charge on any atom is 0.322 e. The summed E-state index contributed by atoms with van der Waals surface area (Å²) in [5.74, 6) is 1.31. The third-order valence-electron chi connectivity index (χ3n) is 4.94. The highest BCUT2D eigenvalue weighted by Gasteiger charge is 2.22. The molecule has 2 aromatic carbocycles. The summed E-state index contributed by atoms with van der Waals surface area (Å²) < 4.78 is 5.69. The van der Waals surface area contributed by atoms with Crippen LogP contribution in [0.4, 0.5) is 10.5 Å². The number of urea groups is 1. The number of hydrogen-bond donors (Lipinski definition) is 1. The van der Waals surface area contributed by atoms with Crippen LogP contribution >= 0.6 is 0 Å². The number of nitrogens with zero attached hydrogens (tertiary/aromatic N) is 2. The van der Waals surface area contributed by atoms with Crippen molar-refractivity contribution in [2.75, 3.05) is 18.4 Å². The van der Waals surface area contributed by atoms with Crippen LogP contribution in [-0.2, 0) is 17.9 Å². The number of aryl methyl sites for hydroxylation is 2. The largest absolute Gasteiger partial charge is 0.464 e. The van der Waals surface area contributed by atoms with Crippen molar-refractivity contribution < 1.29 is 14.0 Å². The Hall–Kier alpha value is -3.80. The summed E-state index contributed by atoms with van der Waals surface area (Å²) in [6.07, 6.45) is 1.61. The summed E-state index contributed by atoms with van der Waals surface area (Å²) in [6, 6.07) is 20.7. The predicted octanol–water partition coefficient (Wildman–Crippen LogP) is 5.15. The van der Waals surface area contributed by atoms with E-state index in [2.05, 4.69) is 11.9 Å². The lowest BCUT2D eigenvalue weighted by Crippen LogP contribution is -2.44. The lowest BCUT2D eigenvalue weighted by molar-refractivity contribution is -0.133. The first kappa shape index (κ1) is 22.9. The van der Waals surface area contributed by atoms with Crippen LogP contribution in [0.25, 0.3) is 0 Å². The fourth-order valence-corrected chi connectivity index (χ4v) is 3.36. The van der Waals surface area contributed by atoms with Crippen molar-refractivity contribution in [2.24, 2.45) is 0 Å². The van der Waals surface area contributed by atoms with Crippen molar-refractivity contribution in [3.63, 3.8) is 0 Å². The Bertz CT molecular complexity index is 1060. The molecular weight excluding hydrogens is 402 g/mol. The molecule has 6 heteroatoms. The van der Waals surface area contributed by atoms with Crippen LogP contribution in [0.5, 0.6) is 0 Å². The first-order valence-electron chi connectivity index (χ1n) is 10.5. The fraction of sp³-hybridized carbons (Fsp3) is 0.231. The highest BCUT2D eigenvalue weighted by molar-refractivity contribution is 5.92. The van der Waals surface area contributed by atoms with Gasteiger partial charge in [0.25, 0.3) is 0 Å². The van der Waals surface area contributed by atoms with E-state index in [9.17, 15) is 9.59 Å². The van der Waals surface area contributed by atoms with Gasteiger partial charge < -0.3 is 19.5 Å². The minimum atomic E-state index is -0.350. The predicted molar refractivity (Wildman–Crippen MR) is 126 cm³/mol. The Labute approximate surface area is 189 Å². The van der Waals surface area contributed by atoms with Gasteiger partial charge in [0.2, 0.25) is 5.91 Å². The maximum absolute atomic E-state index is 13.3. The van der Waals surface area contributed by atoms with Gasteiger partial charge in [-0.05, 0) is 49.2 Å². The van der Waals surface area contributed by atoms with Gasteiger partial charge in [-0.25, -0.2) is 4.79 Å². The molecular formula is C26H29N3O3. The number of carbonyl (C=O) groups excluding carboxylic acids is 2. The lowest BCUT2D eigenvalue weighted by atomic mass is 10.2. The maximum atomic E-state index is 13.3. The molecule has 0 aliphatic heterocycles. The van der Waals surface area contributed by atoms with Crippen LogP contribution in [0.1, 0.15) is 22.6 Å². The second-order valence-electron chi connectivity index (χ2n) is 7.72. The number of rotatable bonds is 9. The number of anilines is 1. The molecule has 0 saturated heterocycles. The second-order valence-corrected chi connectivity index (χ2v) is 7.72. The Balaban J connectivity index is 1.74. The zero-order chi connectivity index (χ0) is 22.9. The molecule has 0 aliphatic carbocycles. The van der Waals surface area contributed by atoms with Crippen molar-refractivity contribution in [1.82, 2.24) is 9.80 Å². The second kappa shape index (κ2) is 11.0. The van der Waals surface area contributed by atoms with Crippen LogP contribution in [0.2, 0.25) is 0 Å². The van der Waals surface area contributed by atoms with E-state index in [1.807, 2.05) is 80.6 Å². The molecule has 0 fully saturated rings. The van der Waals surface area contributed by atoms with E-state index in [1.165, 1.54) is 4.90 Å². The van der Waals surface area contributed by atoms with E-state index < -0.39 is 0 Å². The molecule has 3 rings (SSSR count). The molecule has 0 saturated carbocycles. The number of hydrogen-bond acceptors (Lipinski definition) is 3. The highest BCUT2D eigenvalue weighted by atomic mass is 16.3. The van der Waals surface area contributed by atoms with Gasteiger partial charge in [0.1, 0.15) is 18.1 Å². The van der Waals surface area contributed by atoms with Gasteiger partial charge in [0.05, 0.1) is 6.54 Å². The molecule has 3 aromatic rings.